The first-order valence-corrected chi connectivity index (χ1v) is 10.1. The van der Waals surface area contributed by atoms with Crippen molar-refractivity contribution in [2.75, 3.05) is 5.32 Å². The van der Waals surface area contributed by atoms with Crippen LogP contribution in [0.5, 0.6) is 0 Å². The number of amides is 1. The van der Waals surface area contributed by atoms with Gasteiger partial charge in [-0.3, -0.25) is 4.79 Å². The second kappa shape index (κ2) is 7.40. The molecule has 0 radical (unpaired) electrons. The van der Waals surface area contributed by atoms with Crippen LogP contribution in [0, 0.1) is 12.7 Å². The number of rotatable bonds is 3. The number of hydrogen-bond donors (Lipinski definition) is 1. The van der Waals surface area contributed by atoms with Crippen molar-refractivity contribution in [1.82, 2.24) is 14.8 Å². The number of anilines is 1. The summed E-state index contributed by atoms with van der Waals surface area (Å²) in [5.74, 6) is 1.11. The van der Waals surface area contributed by atoms with E-state index in [0.29, 0.717) is 16.6 Å². The minimum Gasteiger partial charge on any atom is -0.448 e. The van der Waals surface area contributed by atoms with E-state index in [9.17, 15) is 9.18 Å². The van der Waals surface area contributed by atoms with Gasteiger partial charge in [0.15, 0.2) is 23.0 Å². The molecule has 1 aliphatic heterocycles. The first-order valence-electron chi connectivity index (χ1n) is 10.1. The molecule has 0 fully saturated rings. The summed E-state index contributed by atoms with van der Waals surface area (Å²) in [6.45, 7) is 2.68. The molecule has 4 aromatic rings. The second-order valence-electron chi connectivity index (χ2n) is 7.61. The van der Waals surface area contributed by atoms with Crippen LogP contribution >= 0.6 is 0 Å². The van der Waals surface area contributed by atoms with Gasteiger partial charge in [-0.25, -0.2) is 4.39 Å². The highest BCUT2D eigenvalue weighted by Crippen LogP contribution is 2.28. The van der Waals surface area contributed by atoms with E-state index in [1.165, 1.54) is 12.5 Å². The number of benzene rings is 2. The largest absolute Gasteiger partial charge is 0.448 e. The van der Waals surface area contributed by atoms with Gasteiger partial charge in [-0.1, -0.05) is 18.6 Å². The number of nitrogens with one attached hydrogen (secondary N) is 1. The molecule has 0 saturated heterocycles. The predicted molar refractivity (Wildman–Crippen MR) is 112 cm³/mol. The molecule has 1 N–H and O–H groups in total. The zero-order valence-corrected chi connectivity index (χ0v) is 16.6. The molecule has 30 heavy (non-hydrogen) atoms. The van der Waals surface area contributed by atoms with Crippen LogP contribution < -0.4 is 5.32 Å². The molecular weight excluding hydrogens is 383 g/mol. The van der Waals surface area contributed by atoms with Gasteiger partial charge in [-0.05, 0) is 50.1 Å². The van der Waals surface area contributed by atoms with Gasteiger partial charge < -0.3 is 14.3 Å². The number of carbonyl (C=O) groups excluding carboxylic acids is 1. The molecule has 2 aromatic heterocycles. The van der Waals surface area contributed by atoms with Crippen molar-refractivity contribution < 1.29 is 13.6 Å². The molecular formula is C23H21FN4O2. The van der Waals surface area contributed by atoms with Crippen molar-refractivity contribution in [2.24, 2.45) is 0 Å². The molecule has 0 aliphatic carbocycles. The van der Waals surface area contributed by atoms with Crippen LogP contribution in [0.2, 0.25) is 0 Å². The Morgan fingerprint density at radius 3 is 2.73 bits per heavy atom. The lowest BCUT2D eigenvalue weighted by Gasteiger charge is -2.08. The molecule has 0 unspecified atom stereocenters. The molecule has 152 valence electrons. The number of hydrogen-bond acceptors (Lipinski definition) is 4. The molecule has 1 aliphatic rings. The lowest BCUT2D eigenvalue weighted by atomic mass is 10.1. The average Bonchev–Trinajstić information content (AvgIpc) is 3.22. The van der Waals surface area contributed by atoms with Gasteiger partial charge >= 0.3 is 0 Å². The lowest BCUT2D eigenvalue weighted by molar-refractivity contribution is 0.0997. The van der Waals surface area contributed by atoms with Gasteiger partial charge in [-0.15, -0.1) is 10.2 Å². The Morgan fingerprint density at radius 1 is 1.10 bits per heavy atom. The fraction of sp³-hybridized carbons (Fsp3) is 0.261. The van der Waals surface area contributed by atoms with Gasteiger partial charge in [0.1, 0.15) is 5.82 Å². The molecule has 2 aromatic carbocycles. The Hall–Kier alpha value is -3.48. The summed E-state index contributed by atoms with van der Waals surface area (Å²) in [6.07, 6.45) is 4.44. The van der Waals surface area contributed by atoms with Crippen LogP contribution in [0.1, 0.15) is 41.2 Å². The van der Waals surface area contributed by atoms with E-state index in [0.717, 1.165) is 43.0 Å². The minimum absolute atomic E-state index is 0.1000. The standard InChI is InChI=1S/C23H21FN4O2/c1-14-17-6-5-7-18(24)21(17)30-20(14)23(29)25-16-11-9-15(10-12-16)22-27-26-19-8-3-2-4-13-28(19)22/h5-7,9-12H,2-4,8,13H2,1H3,(H,25,29). The number of aryl methyl sites for hydroxylation is 2. The van der Waals surface area contributed by atoms with E-state index < -0.39 is 11.7 Å². The molecule has 0 saturated carbocycles. The van der Waals surface area contributed by atoms with Crippen LogP contribution in [0.25, 0.3) is 22.4 Å². The van der Waals surface area contributed by atoms with E-state index >= 15 is 0 Å². The summed E-state index contributed by atoms with van der Waals surface area (Å²) >= 11 is 0. The third-order valence-electron chi connectivity index (χ3n) is 5.63. The number of fused-ring (bicyclic) bond motifs is 2. The van der Waals surface area contributed by atoms with E-state index in [1.807, 2.05) is 24.3 Å². The maximum Gasteiger partial charge on any atom is 0.291 e. The monoisotopic (exact) mass is 404 g/mol. The minimum atomic E-state index is -0.480. The fourth-order valence-corrected chi connectivity index (χ4v) is 4.01. The van der Waals surface area contributed by atoms with Crippen molar-refractivity contribution >= 4 is 22.6 Å². The first-order chi connectivity index (χ1) is 14.6. The van der Waals surface area contributed by atoms with Crippen LogP contribution in [0.3, 0.4) is 0 Å². The average molecular weight is 404 g/mol. The third-order valence-corrected chi connectivity index (χ3v) is 5.63. The summed E-state index contributed by atoms with van der Waals surface area (Å²) in [5.41, 5.74) is 2.29. The molecule has 0 atom stereocenters. The maximum atomic E-state index is 14.0. The topological polar surface area (TPSA) is 73.0 Å². The fourth-order valence-electron chi connectivity index (χ4n) is 4.01. The van der Waals surface area contributed by atoms with E-state index in [4.69, 9.17) is 4.42 Å². The van der Waals surface area contributed by atoms with Crippen molar-refractivity contribution in [3.8, 4) is 11.4 Å². The number of nitrogens with zero attached hydrogens (tertiary/aromatic N) is 3. The smallest absolute Gasteiger partial charge is 0.291 e. The molecule has 7 heteroatoms. The number of aromatic nitrogens is 3. The van der Waals surface area contributed by atoms with Gasteiger partial charge in [0.05, 0.1) is 0 Å². The van der Waals surface area contributed by atoms with E-state index in [-0.39, 0.29) is 11.3 Å². The molecule has 3 heterocycles. The number of para-hydroxylation sites is 1. The van der Waals surface area contributed by atoms with Crippen LogP contribution in [0.4, 0.5) is 10.1 Å². The third kappa shape index (κ3) is 3.16. The van der Waals surface area contributed by atoms with Crippen molar-refractivity contribution in [1.29, 1.82) is 0 Å². The zero-order chi connectivity index (χ0) is 20.7. The second-order valence-corrected chi connectivity index (χ2v) is 7.61. The predicted octanol–water partition coefficient (Wildman–Crippen LogP) is 5.12. The summed E-state index contributed by atoms with van der Waals surface area (Å²) < 4.78 is 21.7. The lowest BCUT2D eigenvalue weighted by Crippen LogP contribution is -2.12. The number of carbonyl (C=O) groups is 1. The Labute approximate surface area is 172 Å². The first kappa shape index (κ1) is 18.5. The number of furan rings is 1. The Kier molecular flexibility index (Phi) is 4.58. The quantitative estimate of drug-likeness (QED) is 0.515. The summed E-state index contributed by atoms with van der Waals surface area (Å²) in [5, 5.41) is 12.1. The van der Waals surface area contributed by atoms with Gasteiger partial charge in [-0.2, -0.15) is 0 Å². The molecule has 0 spiro atoms. The summed E-state index contributed by atoms with van der Waals surface area (Å²) in [6, 6.07) is 12.1. The van der Waals surface area contributed by atoms with E-state index in [2.05, 4.69) is 20.1 Å². The molecule has 0 bridgehead atoms. The maximum absolute atomic E-state index is 14.0. The van der Waals surface area contributed by atoms with Crippen molar-refractivity contribution in [3.63, 3.8) is 0 Å². The molecule has 1 amide bonds. The zero-order valence-electron chi connectivity index (χ0n) is 16.6. The molecule has 5 rings (SSSR count). The Balaban J connectivity index is 1.38. The van der Waals surface area contributed by atoms with Crippen molar-refractivity contribution in [3.05, 3.63) is 65.4 Å². The van der Waals surface area contributed by atoms with Crippen molar-refractivity contribution in [2.45, 2.75) is 39.2 Å². The van der Waals surface area contributed by atoms with Crippen LogP contribution in [0.15, 0.2) is 46.9 Å². The van der Waals surface area contributed by atoms with Gasteiger partial charge in [0, 0.05) is 35.2 Å². The van der Waals surface area contributed by atoms with Crippen LogP contribution in [-0.4, -0.2) is 20.7 Å². The number of halogens is 1. The SMILES string of the molecule is Cc1c(C(=O)Nc2ccc(-c3nnc4n3CCCCC4)cc2)oc2c(F)cccc12. The highest BCUT2D eigenvalue weighted by atomic mass is 19.1. The van der Waals surface area contributed by atoms with E-state index in [1.54, 1.807) is 19.1 Å². The Morgan fingerprint density at radius 2 is 1.93 bits per heavy atom. The normalized spacial score (nSPS) is 13.8. The van der Waals surface area contributed by atoms with Crippen LogP contribution in [-0.2, 0) is 13.0 Å². The Bertz CT molecular complexity index is 1240. The highest BCUT2D eigenvalue weighted by molar-refractivity contribution is 6.06. The highest BCUT2D eigenvalue weighted by Gasteiger charge is 2.20. The van der Waals surface area contributed by atoms with Gasteiger partial charge in [0.2, 0.25) is 0 Å². The summed E-state index contributed by atoms with van der Waals surface area (Å²) in [4.78, 5) is 12.7. The molecule has 6 nitrogen and oxygen atoms in total. The summed E-state index contributed by atoms with van der Waals surface area (Å²) in [7, 11) is 0. The van der Waals surface area contributed by atoms with Gasteiger partial charge in [0.25, 0.3) is 5.91 Å².